The quantitative estimate of drug-likeness (QED) is 0.627. The molecule has 0 spiro atoms. The van der Waals surface area contributed by atoms with Gasteiger partial charge in [-0.2, -0.15) is 0 Å². The highest BCUT2D eigenvalue weighted by atomic mass is 16.5. The largest absolute Gasteiger partial charge is 0.382 e. The Labute approximate surface area is 84.2 Å². The molecule has 3 atom stereocenters. The van der Waals surface area contributed by atoms with Gasteiger partial charge in [-0.25, -0.2) is 0 Å². The molecule has 1 saturated heterocycles. The van der Waals surface area contributed by atoms with E-state index in [1.54, 1.807) is 21.1 Å². The molecule has 0 saturated carbocycles. The Morgan fingerprint density at radius 1 is 1.43 bits per heavy atom. The minimum atomic E-state index is -0.206. The van der Waals surface area contributed by atoms with Crippen molar-refractivity contribution < 1.29 is 14.3 Å². The van der Waals surface area contributed by atoms with Gasteiger partial charge in [0.2, 0.25) is 11.8 Å². The van der Waals surface area contributed by atoms with Crippen molar-refractivity contribution in [2.24, 2.45) is 11.8 Å². The number of hydrogen-bond donors (Lipinski definition) is 0. The lowest BCUT2D eigenvalue weighted by atomic mass is 9.91. The van der Waals surface area contributed by atoms with Crippen LogP contribution in [0, 0.1) is 11.8 Å². The van der Waals surface area contributed by atoms with Crippen LogP contribution in [-0.2, 0) is 14.3 Å². The van der Waals surface area contributed by atoms with Gasteiger partial charge in [0.05, 0.1) is 12.0 Å². The fourth-order valence-electron chi connectivity index (χ4n) is 1.81. The number of likely N-dealkylation sites (tertiary alicyclic amines) is 1. The summed E-state index contributed by atoms with van der Waals surface area (Å²) in [5.74, 6) is -0.567. The molecule has 0 radical (unpaired) electrons. The van der Waals surface area contributed by atoms with Crippen molar-refractivity contribution in [3.8, 4) is 0 Å². The molecule has 0 bridgehead atoms. The summed E-state index contributed by atoms with van der Waals surface area (Å²) < 4.78 is 5.10. The second-order valence-corrected chi connectivity index (χ2v) is 3.91. The minimum absolute atomic E-state index is 0.0192. The number of nitrogens with zero attached hydrogens (tertiary/aromatic N) is 1. The lowest BCUT2D eigenvalue weighted by Crippen LogP contribution is -2.27. The second-order valence-electron chi connectivity index (χ2n) is 3.91. The molecule has 4 heteroatoms. The highest BCUT2D eigenvalue weighted by Crippen LogP contribution is 2.28. The zero-order valence-corrected chi connectivity index (χ0v) is 9.11. The van der Waals surface area contributed by atoms with E-state index < -0.39 is 0 Å². The normalized spacial score (nSPS) is 29.9. The molecule has 1 heterocycles. The van der Waals surface area contributed by atoms with Crippen LogP contribution in [0.2, 0.25) is 0 Å². The van der Waals surface area contributed by atoms with Crippen LogP contribution in [0.15, 0.2) is 0 Å². The monoisotopic (exact) mass is 199 g/mol. The van der Waals surface area contributed by atoms with Crippen molar-refractivity contribution in [3.63, 3.8) is 0 Å². The van der Waals surface area contributed by atoms with Crippen LogP contribution in [0.5, 0.6) is 0 Å². The molecule has 0 aliphatic carbocycles. The molecule has 1 aliphatic rings. The number of carbonyl (C=O) groups excluding carboxylic acids is 2. The number of methoxy groups -OCH3 is 1. The predicted molar refractivity (Wildman–Crippen MR) is 51.5 cm³/mol. The number of imide groups is 1. The molecule has 0 aromatic rings. The van der Waals surface area contributed by atoms with Crippen molar-refractivity contribution >= 4 is 11.8 Å². The van der Waals surface area contributed by atoms with E-state index in [-0.39, 0.29) is 29.8 Å². The average Bonchev–Trinajstić information content (AvgIpc) is 2.35. The molecule has 1 rings (SSSR count). The molecule has 1 aliphatic heterocycles. The van der Waals surface area contributed by atoms with Gasteiger partial charge in [0.15, 0.2) is 0 Å². The van der Waals surface area contributed by atoms with Gasteiger partial charge < -0.3 is 4.74 Å². The van der Waals surface area contributed by atoms with Crippen molar-refractivity contribution in [2.45, 2.75) is 26.4 Å². The number of amides is 2. The maximum Gasteiger partial charge on any atom is 0.232 e. The van der Waals surface area contributed by atoms with Gasteiger partial charge in [0, 0.05) is 20.1 Å². The molecular weight excluding hydrogens is 182 g/mol. The summed E-state index contributed by atoms with van der Waals surface area (Å²) in [4.78, 5) is 24.3. The van der Waals surface area contributed by atoms with E-state index in [1.165, 1.54) is 4.90 Å². The molecule has 1 fully saturated rings. The topological polar surface area (TPSA) is 46.6 Å². The molecule has 0 N–H and O–H groups in total. The van der Waals surface area contributed by atoms with E-state index in [0.29, 0.717) is 6.42 Å². The average molecular weight is 199 g/mol. The zero-order valence-electron chi connectivity index (χ0n) is 9.11. The fraction of sp³-hybridized carbons (Fsp3) is 0.800. The smallest absolute Gasteiger partial charge is 0.232 e. The Balaban J connectivity index is 2.70. The van der Waals surface area contributed by atoms with Gasteiger partial charge in [0.25, 0.3) is 0 Å². The van der Waals surface area contributed by atoms with Crippen LogP contribution in [0.1, 0.15) is 20.3 Å². The molecule has 80 valence electrons. The zero-order chi connectivity index (χ0) is 10.9. The summed E-state index contributed by atoms with van der Waals surface area (Å²) in [5, 5.41) is 0. The van der Waals surface area contributed by atoms with Crippen LogP contribution in [0.4, 0.5) is 0 Å². The standard InChI is InChI=1S/C10H17NO3/c1-6(14-4)5-8-7(2)9(12)11(3)10(8)13/h6-8H,5H2,1-4H3. The Kier molecular flexibility index (Phi) is 3.26. The first-order chi connectivity index (χ1) is 6.49. The lowest BCUT2D eigenvalue weighted by molar-refractivity contribution is -0.138. The van der Waals surface area contributed by atoms with Crippen LogP contribution in [0.3, 0.4) is 0 Å². The van der Waals surface area contributed by atoms with E-state index in [0.717, 1.165) is 0 Å². The summed E-state index contributed by atoms with van der Waals surface area (Å²) >= 11 is 0. The third-order valence-electron chi connectivity index (χ3n) is 2.96. The Morgan fingerprint density at radius 2 is 2.00 bits per heavy atom. The van der Waals surface area contributed by atoms with E-state index in [2.05, 4.69) is 0 Å². The van der Waals surface area contributed by atoms with Gasteiger partial charge in [-0.3, -0.25) is 14.5 Å². The van der Waals surface area contributed by atoms with Crippen LogP contribution in [0.25, 0.3) is 0 Å². The Morgan fingerprint density at radius 3 is 2.36 bits per heavy atom. The Bertz CT molecular complexity index is 252. The highest BCUT2D eigenvalue weighted by molar-refractivity contribution is 6.04. The first kappa shape index (κ1) is 11.2. The lowest BCUT2D eigenvalue weighted by Gasteiger charge is -2.15. The molecule has 0 aromatic carbocycles. The van der Waals surface area contributed by atoms with E-state index >= 15 is 0 Å². The first-order valence-corrected chi connectivity index (χ1v) is 4.83. The molecule has 0 aromatic heterocycles. The fourth-order valence-corrected chi connectivity index (χ4v) is 1.81. The summed E-state index contributed by atoms with van der Waals surface area (Å²) in [6.45, 7) is 3.71. The summed E-state index contributed by atoms with van der Waals surface area (Å²) in [6, 6.07) is 0. The predicted octanol–water partition coefficient (Wildman–Crippen LogP) is 0.662. The van der Waals surface area contributed by atoms with Crippen molar-refractivity contribution in [1.29, 1.82) is 0 Å². The third-order valence-corrected chi connectivity index (χ3v) is 2.96. The highest BCUT2D eigenvalue weighted by Gasteiger charge is 2.43. The summed E-state index contributed by atoms with van der Waals surface area (Å²) in [7, 11) is 3.15. The van der Waals surface area contributed by atoms with Gasteiger partial charge in [-0.05, 0) is 13.3 Å². The maximum absolute atomic E-state index is 11.6. The second kappa shape index (κ2) is 4.09. The summed E-state index contributed by atoms with van der Waals surface area (Å²) in [5.41, 5.74) is 0. The number of carbonyl (C=O) groups is 2. The van der Waals surface area contributed by atoms with Gasteiger partial charge in [0.1, 0.15) is 0 Å². The summed E-state index contributed by atoms with van der Waals surface area (Å²) in [6.07, 6.45) is 0.637. The molecule has 4 nitrogen and oxygen atoms in total. The van der Waals surface area contributed by atoms with E-state index in [4.69, 9.17) is 4.74 Å². The van der Waals surface area contributed by atoms with Crippen LogP contribution >= 0.6 is 0 Å². The number of ether oxygens (including phenoxy) is 1. The Hall–Kier alpha value is -0.900. The van der Waals surface area contributed by atoms with Crippen LogP contribution < -0.4 is 0 Å². The minimum Gasteiger partial charge on any atom is -0.382 e. The molecular formula is C10H17NO3. The molecule has 3 unspecified atom stereocenters. The van der Waals surface area contributed by atoms with Gasteiger partial charge in [-0.1, -0.05) is 6.92 Å². The first-order valence-electron chi connectivity index (χ1n) is 4.83. The van der Waals surface area contributed by atoms with Gasteiger partial charge in [-0.15, -0.1) is 0 Å². The molecule has 14 heavy (non-hydrogen) atoms. The number of hydrogen-bond acceptors (Lipinski definition) is 3. The number of rotatable bonds is 3. The van der Waals surface area contributed by atoms with Crippen LogP contribution in [-0.4, -0.2) is 37.0 Å². The van der Waals surface area contributed by atoms with E-state index in [9.17, 15) is 9.59 Å². The van der Waals surface area contributed by atoms with Crippen molar-refractivity contribution in [3.05, 3.63) is 0 Å². The third kappa shape index (κ3) is 1.80. The maximum atomic E-state index is 11.6. The SMILES string of the molecule is COC(C)CC1C(=O)N(C)C(=O)C1C. The van der Waals surface area contributed by atoms with E-state index in [1.807, 2.05) is 6.92 Å². The van der Waals surface area contributed by atoms with Crippen molar-refractivity contribution in [2.75, 3.05) is 14.2 Å². The van der Waals surface area contributed by atoms with Gasteiger partial charge >= 0.3 is 0 Å². The molecule has 2 amide bonds. The van der Waals surface area contributed by atoms with Crippen molar-refractivity contribution in [1.82, 2.24) is 4.90 Å².